The van der Waals surface area contributed by atoms with Crippen molar-refractivity contribution in [3.05, 3.63) is 64.7 Å². The fourth-order valence-electron chi connectivity index (χ4n) is 2.27. The van der Waals surface area contributed by atoms with Crippen LogP contribution in [-0.2, 0) is 26.1 Å². The number of hydrogen-bond acceptors (Lipinski definition) is 5. The van der Waals surface area contributed by atoms with E-state index in [4.69, 9.17) is 16.3 Å². The lowest BCUT2D eigenvalue weighted by molar-refractivity contribution is -0.124. The molecule has 0 aliphatic carbocycles. The van der Waals surface area contributed by atoms with E-state index < -0.39 is 28.5 Å². The molecule has 0 aliphatic heterocycles. The van der Waals surface area contributed by atoms with Gasteiger partial charge in [0.2, 0.25) is 10.0 Å². The second-order valence-corrected chi connectivity index (χ2v) is 8.87. The molecule has 2 aromatic rings. The Hall–Kier alpha value is -2.42. The molecule has 29 heavy (non-hydrogen) atoms. The summed E-state index contributed by atoms with van der Waals surface area (Å²) in [7, 11) is -3.96. The molecule has 0 unspecified atom stereocenters. The fourth-order valence-corrected chi connectivity index (χ4v) is 3.81. The van der Waals surface area contributed by atoms with Crippen molar-refractivity contribution < 1.29 is 22.7 Å². The summed E-state index contributed by atoms with van der Waals surface area (Å²) in [5.41, 5.74) is 0.751. The number of nitrogens with one attached hydrogen (secondary N) is 2. The Kier molecular flexibility index (Phi) is 8.19. The molecular formula is C20H23ClN2O5S. The highest BCUT2D eigenvalue weighted by molar-refractivity contribution is 7.89. The molecule has 2 N–H and O–H groups in total. The number of benzene rings is 2. The molecule has 7 nitrogen and oxygen atoms in total. The highest BCUT2D eigenvalue weighted by atomic mass is 35.5. The molecule has 156 valence electrons. The molecule has 0 saturated heterocycles. The summed E-state index contributed by atoms with van der Waals surface area (Å²) in [5, 5.41) is 2.59. The largest absolute Gasteiger partial charge is 0.452 e. The number of carbonyl (C=O) groups is 2. The number of carbonyl (C=O) groups excluding carboxylic acids is 2. The van der Waals surface area contributed by atoms with Crippen molar-refractivity contribution >= 4 is 33.5 Å². The van der Waals surface area contributed by atoms with Crippen LogP contribution in [0.5, 0.6) is 0 Å². The molecule has 0 atom stereocenters. The highest BCUT2D eigenvalue weighted by Crippen LogP contribution is 2.23. The van der Waals surface area contributed by atoms with E-state index in [0.29, 0.717) is 6.54 Å². The third-order valence-electron chi connectivity index (χ3n) is 3.81. The van der Waals surface area contributed by atoms with Gasteiger partial charge in [-0.05, 0) is 29.7 Å². The fraction of sp³-hybridized carbons (Fsp3) is 0.300. The number of esters is 1. The van der Waals surface area contributed by atoms with Gasteiger partial charge in [0.1, 0.15) is 4.90 Å². The van der Waals surface area contributed by atoms with Crippen LogP contribution in [0.3, 0.4) is 0 Å². The molecule has 9 heteroatoms. The van der Waals surface area contributed by atoms with E-state index in [1.807, 2.05) is 19.9 Å². The molecule has 0 radical (unpaired) electrons. The Balaban J connectivity index is 2.06. The lowest BCUT2D eigenvalue weighted by Gasteiger charge is -2.11. The smallest absolute Gasteiger partial charge is 0.338 e. The van der Waals surface area contributed by atoms with Crippen molar-refractivity contribution in [3.63, 3.8) is 0 Å². The predicted molar refractivity (Wildman–Crippen MR) is 110 cm³/mol. The zero-order valence-electron chi connectivity index (χ0n) is 16.1. The molecule has 0 fully saturated rings. The molecule has 0 bridgehead atoms. The Bertz CT molecular complexity index is 962. The summed E-state index contributed by atoms with van der Waals surface area (Å²) in [6.07, 6.45) is 0. The van der Waals surface area contributed by atoms with Crippen LogP contribution in [0.2, 0.25) is 5.02 Å². The van der Waals surface area contributed by atoms with Gasteiger partial charge in [-0.2, -0.15) is 0 Å². The summed E-state index contributed by atoms with van der Waals surface area (Å²) in [5.74, 6) is -0.985. The summed E-state index contributed by atoms with van der Waals surface area (Å²) in [6, 6.07) is 12.7. The van der Waals surface area contributed by atoms with Gasteiger partial charge in [-0.3, -0.25) is 4.79 Å². The van der Waals surface area contributed by atoms with Gasteiger partial charge >= 0.3 is 5.97 Å². The zero-order chi connectivity index (χ0) is 21.4. The van der Waals surface area contributed by atoms with Gasteiger partial charge in [0.25, 0.3) is 5.91 Å². The van der Waals surface area contributed by atoms with Crippen LogP contribution < -0.4 is 10.0 Å². The van der Waals surface area contributed by atoms with E-state index in [-0.39, 0.29) is 27.9 Å². The quantitative estimate of drug-likeness (QED) is 0.586. The maximum Gasteiger partial charge on any atom is 0.338 e. The van der Waals surface area contributed by atoms with E-state index in [2.05, 4.69) is 10.0 Å². The van der Waals surface area contributed by atoms with E-state index in [1.165, 1.54) is 12.1 Å². The van der Waals surface area contributed by atoms with Crippen molar-refractivity contribution in [2.24, 2.45) is 5.92 Å². The molecule has 0 spiro atoms. The van der Waals surface area contributed by atoms with Gasteiger partial charge in [0.05, 0.1) is 10.6 Å². The monoisotopic (exact) mass is 438 g/mol. The third-order valence-corrected chi connectivity index (χ3v) is 5.69. The topological polar surface area (TPSA) is 102 Å². The second-order valence-electron chi connectivity index (χ2n) is 6.73. The summed E-state index contributed by atoms with van der Waals surface area (Å²) in [6.45, 7) is 3.96. The number of hydrogen-bond donors (Lipinski definition) is 2. The first-order chi connectivity index (χ1) is 13.7. The van der Waals surface area contributed by atoms with Gasteiger partial charge in [0, 0.05) is 13.1 Å². The average Bonchev–Trinajstić information content (AvgIpc) is 2.70. The van der Waals surface area contributed by atoms with Crippen LogP contribution in [-0.4, -0.2) is 33.4 Å². The van der Waals surface area contributed by atoms with E-state index in [0.717, 1.165) is 11.6 Å². The van der Waals surface area contributed by atoms with Gasteiger partial charge in [-0.1, -0.05) is 55.8 Å². The highest BCUT2D eigenvalue weighted by Gasteiger charge is 2.21. The van der Waals surface area contributed by atoms with E-state index >= 15 is 0 Å². The number of rotatable bonds is 9. The molecule has 2 rings (SSSR count). The normalized spacial score (nSPS) is 11.3. The van der Waals surface area contributed by atoms with Crippen molar-refractivity contribution in [1.82, 2.24) is 10.0 Å². The van der Waals surface area contributed by atoms with Gasteiger partial charge < -0.3 is 10.1 Å². The first kappa shape index (κ1) is 22.9. The molecule has 2 aromatic carbocycles. The summed E-state index contributed by atoms with van der Waals surface area (Å²) >= 11 is 6.03. The van der Waals surface area contributed by atoms with Gasteiger partial charge in [-0.25, -0.2) is 17.9 Å². The number of sulfonamides is 1. The minimum Gasteiger partial charge on any atom is -0.452 e. The van der Waals surface area contributed by atoms with Crippen molar-refractivity contribution in [3.8, 4) is 0 Å². The van der Waals surface area contributed by atoms with Gasteiger partial charge in [0.15, 0.2) is 6.61 Å². The van der Waals surface area contributed by atoms with Crippen LogP contribution in [0.1, 0.15) is 29.8 Å². The van der Waals surface area contributed by atoms with Crippen LogP contribution in [0, 0.1) is 5.92 Å². The number of halogens is 1. The molecule has 1 amide bonds. The Morgan fingerprint density at radius 2 is 1.79 bits per heavy atom. The maximum atomic E-state index is 12.6. The number of amides is 1. The lowest BCUT2D eigenvalue weighted by Crippen LogP contribution is -2.31. The zero-order valence-corrected chi connectivity index (χ0v) is 17.7. The molecule has 0 heterocycles. The molecule has 0 aromatic heterocycles. The Morgan fingerprint density at radius 1 is 1.10 bits per heavy atom. The van der Waals surface area contributed by atoms with Crippen molar-refractivity contribution in [1.29, 1.82) is 0 Å². The van der Waals surface area contributed by atoms with E-state index in [9.17, 15) is 18.0 Å². The van der Waals surface area contributed by atoms with Crippen LogP contribution >= 0.6 is 11.6 Å². The van der Waals surface area contributed by atoms with Crippen LogP contribution in [0.4, 0.5) is 0 Å². The number of ether oxygens (including phenoxy) is 1. The standard InChI is InChI=1S/C20H23ClN2O5S/c1-14(2)11-22-19(24)13-28-20(25)16-8-9-17(21)18(10-16)29(26,27)23-12-15-6-4-3-5-7-15/h3-10,14,23H,11-13H2,1-2H3,(H,22,24). The lowest BCUT2D eigenvalue weighted by atomic mass is 10.2. The minimum atomic E-state index is -3.96. The average molecular weight is 439 g/mol. The maximum absolute atomic E-state index is 12.6. The minimum absolute atomic E-state index is 0.0221. The Labute approximate surface area is 175 Å². The summed E-state index contributed by atoms with van der Waals surface area (Å²) < 4.78 is 32.6. The van der Waals surface area contributed by atoms with Crippen LogP contribution in [0.15, 0.2) is 53.4 Å². The first-order valence-electron chi connectivity index (χ1n) is 8.96. The van der Waals surface area contributed by atoms with Crippen LogP contribution in [0.25, 0.3) is 0 Å². The first-order valence-corrected chi connectivity index (χ1v) is 10.8. The molecule has 0 saturated carbocycles. The molecule has 0 aliphatic rings. The van der Waals surface area contributed by atoms with Crippen molar-refractivity contribution in [2.75, 3.05) is 13.2 Å². The Morgan fingerprint density at radius 3 is 2.45 bits per heavy atom. The van der Waals surface area contributed by atoms with E-state index in [1.54, 1.807) is 24.3 Å². The summed E-state index contributed by atoms with van der Waals surface area (Å²) in [4.78, 5) is 23.6. The SMILES string of the molecule is CC(C)CNC(=O)COC(=O)c1ccc(Cl)c(S(=O)(=O)NCc2ccccc2)c1. The second kappa shape index (κ2) is 10.4. The van der Waals surface area contributed by atoms with Gasteiger partial charge in [-0.15, -0.1) is 0 Å². The van der Waals surface area contributed by atoms with Crippen molar-refractivity contribution in [2.45, 2.75) is 25.3 Å². The molecular weight excluding hydrogens is 416 g/mol. The predicted octanol–water partition coefficient (Wildman–Crippen LogP) is 2.75. The third kappa shape index (κ3) is 7.16.